The molecule has 0 unspecified atom stereocenters. The van der Waals surface area contributed by atoms with E-state index in [9.17, 15) is 9.18 Å². The van der Waals surface area contributed by atoms with Gasteiger partial charge in [0.1, 0.15) is 10.8 Å². The number of amides is 1. The first-order valence-corrected chi connectivity index (χ1v) is 11.4. The molecule has 3 rings (SSSR count). The highest BCUT2D eigenvalue weighted by Gasteiger charge is 2.22. The number of rotatable bonds is 6. The van der Waals surface area contributed by atoms with Crippen LogP contribution in [0.15, 0.2) is 44.2 Å². The Hall–Kier alpha value is -1.36. The molecule has 0 aliphatic rings. The van der Waals surface area contributed by atoms with Gasteiger partial charge in [0, 0.05) is 11.8 Å². The molecule has 26 heavy (non-hydrogen) atoms. The molecule has 0 aliphatic heterocycles. The zero-order valence-electron chi connectivity index (χ0n) is 13.8. The average molecular weight is 473 g/mol. The molecule has 0 saturated heterocycles. The van der Waals surface area contributed by atoms with Gasteiger partial charge in [0.15, 0.2) is 5.82 Å². The summed E-state index contributed by atoms with van der Waals surface area (Å²) in [6, 6.07) is 6.53. The summed E-state index contributed by atoms with van der Waals surface area (Å²) in [6.07, 6.45) is 5.50. The summed E-state index contributed by atoms with van der Waals surface area (Å²) in [6.45, 7) is 0.271. The van der Waals surface area contributed by atoms with Crippen molar-refractivity contribution in [2.45, 2.75) is 15.8 Å². The van der Waals surface area contributed by atoms with E-state index in [0.29, 0.717) is 26.4 Å². The van der Waals surface area contributed by atoms with Gasteiger partial charge in [-0.15, -0.1) is 23.5 Å². The number of benzene rings is 1. The third kappa shape index (κ3) is 4.13. The lowest BCUT2D eigenvalue weighted by molar-refractivity contribution is 0.102. The van der Waals surface area contributed by atoms with Gasteiger partial charge < -0.3 is 5.32 Å². The molecule has 136 valence electrons. The van der Waals surface area contributed by atoms with Crippen molar-refractivity contribution >= 4 is 62.7 Å². The highest BCUT2D eigenvalue weighted by Crippen LogP contribution is 2.33. The number of thioether (sulfide) groups is 2. The molecule has 0 bridgehead atoms. The molecule has 5 nitrogen and oxygen atoms in total. The van der Waals surface area contributed by atoms with E-state index in [-0.39, 0.29) is 18.3 Å². The highest BCUT2D eigenvalue weighted by molar-refractivity contribution is 9.10. The molecule has 2 aromatic heterocycles. The van der Waals surface area contributed by atoms with Gasteiger partial charge in [-0.3, -0.25) is 9.48 Å². The first-order valence-electron chi connectivity index (χ1n) is 7.38. The Balaban J connectivity index is 1.81. The van der Waals surface area contributed by atoms with E-state index in [2.05, 4.69) is 30.7 Å². The van der Waals surface area contributed by atoms with Crippen LogP contribution in [-0.2, 0) is 6.54 Å². The zero-order valence-corrected chi connectivity index (χ0v) is 17.9. The Morgan fingerprint density at radius 1 is 1.35 bits per heavy atom. The average Bonchev–Trinajstić information content (AvgIpc) is 3.20. The van der Waals surface area contributed by atoms with Crippen molar-refractivity contribution in [1.29, 1.82) is 0 Å². The lowest BCUT2D eigenvalue weighted by atomic mass is 10.2. The maximum Gasteiger partial charge on any atom is 0.261 e. The van der Waals surface area contributed by atoms with Gasteiger partial charge in [-0.2, -0.15) is 9.47 Å². The van der Waals surface area contributed by atoms with E-state index < -0.39 is 0 Å². The quantitative estimate of drug-likeness (QED) is 0.512. The van der Waals surface area contributed by atoms with Crippen LogP contribution < -0.4 is 5.32 Å². The fourth-order valence-electron chi connectivity index (χ4n) is 2.26. The van der Waals surface area contributed by atoms with Crippen LogP contribution in [0, 0.1) is 5.82 Å². The largest absolute Gasteiger partial charge is 0.304 e. The zero-order chi connectivity index (χ0) is 18.7. The molecule has 1 N–H and O–H groups in total. The summed E-state index contributed by atoms with van der Waals surface area (Å²) in [5, 5.41) is 7.85. The number of carbonyl (C=O) groups excluding carboxylic acids is 1. The van der Waals surface area contributed by atoms with Crippen LogP contribution >= 0.6 is 51.0 Å². The number of nitrogens with zero attached hydrogens (tertiary/aromatic N) is 3. The normalized spacial score (nSPS) is 10.9. The van der Waals surface area contributed by atoms with Gasteiger partial charge in [-0.25, -0.2) is 4.39 Å². The van der Waals surface area contributed by atoms with Gasteiger partial charge in [-0.1, -0.05) is 18.2 Å². The van der Waals surface area contributed by atoms with Crippen molar-refractivity contribution < 1.29 is 9.18 Å². The van der Waals surface area contributed by atoms with Crippen LogP contribution in [0.3, 0.4) is 0 Å². The van der Waals surface area contributed by atoms with Crippen LogP contribution in [0.25, 0.3) is 0 Å². The molecule has 0 saturated carbocycles. The molecule has 2 heterocycles. The third-order valence-electron chi connectivity index (χ3n) is 3.47. The first-order chi connectivity index (χ1) is 12.5. The number of aromatic nitrogens is 3. The van der Waals surface area contributed by atoms with Crippen molar-refractivity contribution in [2.24, 2.45) is 0 Å². The molecule has 0 fully saturated rings. The molecule has 0 atom stereocenters. The topological polar surface area (TPSA) is 59.8 Å². The number of anilines is 1. The second-order valence-corrected chi connectivity index (χ2v) is 8.62. The second-order valence-electron chi connectivity index (χ2n) is 5.13. The van der Waals surface area contributed by atoms with Gasteiger partial charge in [0.05, 0.1) is 20.8 Å². The van der Waals surface area contributed by atoms with Crippen molar-refractivity contribution in [1.82, 2.24) is 14.2 Å². The predicted molar refractivity (Wildman–Crippen MR) is 109 cm³/mol. The molecule has 0 aliphatic carbocycles. The van der Waals surface area contributed by atoms with Crippen molar-refractivity contribution in [3.63, 3.8) is 0 Å². The molecule has 1 aromatic carbocycles. The lowest BCUT2D eigenvalue weighted by Gasteiger charge is -2.05. The number of halogens is 2. The predicted octanol–water partition coefficient (Wildman–Crippen LogP) is 4.99. The minimum Gasteiger partial charge on any atom is -0.304 e. The van der Waals surface area contributed by atoms with Crippen LogP contribution in [0.2, 0.25) is 0 Å². The van der Waals surface area contributed by atoms with Gasteiger partial charge in [0.25, 0.3) is 5.91 Å². The van der Waals surface area contributed by atoms with Crippen LogP contribution in [0.4, 0.5) is 10.2 Å². The summed E-state index contributed by atoms with van der Waals surface area (Å²) < 4.78 is 21.2. The van der Waals surface area contributed by atoms with E-state index in [1.807, 2.05) is 12.5 Å². The Bertz CT molecular complexity index is 922. The third-order valence-corrected chi connectivity index (χ3v) is 6.79. The monoisotopic (exact) mass is 472 g/mol. The molecular weight excluding hydrogens is 459 g/mol. The standard InChI is InChI=1S/C16H14BrFN4OS3/c1-24-15-12(16(25-2)26-21-15)14(23)19-13-10(17)8-22(20-13)7-9-5-3-4-6-11(9)18/h3-6,8H,7H2,1-2H3,(H,19,20,23). The van der Waals surface area contributed by atoms with Crippen LogP contribution in [-0.4, -0.2) is 32.6 Å². The number of nitrogens with one attached hydrogen (secondary N) is 1. The Labute approximate surface area is 171 Å². The fraction of sp³-hybridized carbons (Fsp3) is 0.188. The minimum absolute atomic E-state index is 0.260. The second kappa shape index (κ2) is 8.55. The summed E-state index contributed by atoms with van der Waals surface area (Å²) in [7, 11) is 0. The molecular formula is C16H14BrFN4OS3. The van der Waals surface area contributed by atoms with Crippen molar-refractivity contribution in [3.05, 3.63) is 51.9 Å². The lowest BCUT2D eigenvalue weighted by Crippen LogP contribution is -2.14. The maximum absolute atomic E-state index is 13.8. The van der Waals surface area contributed by atoms with Crippen LogP contribution in [0.5, 0.6) is 0 Å². The fourth-order valence-corrected chi connectivity index (χ4v) is 4.96. The molecule has 0 spiro atoms. The molecule has 10 heteroatoms. The summed E-state index contributed by atoms with van der Waals surface area (Å²) in [5.41, 5.74) is 1.09. The number of hydrogen-bond acceptors (Lipinski definition) is 6. The highest BCUT2D eigenvalue weighted by atomic mass is 79.9. The summed E-state index contributed by atoms with van der Waals surface area (Å²) in [4.78, 5) is 12.7. The molecule has 0 radical (unpaired) electrons. The van der Waals surface area contributed by atoms with Gasteiger partial charge >= 0.3 is 0 Å². The van der Waals surface area contributed by atoms with Gasteiger partial charge in [-0.05, 0) is 46.0 Å². The van der Waals surface area contributed by atoms with Crippen molar-refractivity contribution in [3.8, 4) is 0 Å². The maximum atomic E-state index is 13.8. The first kappa shape index (κ1) is 19.4. The van der Waals surface area contributed by atoms with E-state index in [1.165, 1.54) is 41.1 Å². The number of hydrogen-bond donors (Lipinski definition) is 1. The Morgan fingerprint density at radius 2 is 2.12 bits per heavy atom. The van der Waals surface area contributed by atoms with Gasteiger partial charge in [0.2, 0.25) is 0 Å². The van der Waals surface area contributed by atoms with Crippen molar-refractivity contribution in [2.75, 3.05) is 17.8 Å². The van der Waals surface area contributed by atoms with E-state index in [0.717, 1.165) is 4.21 Å². The number of carbonyl (C=O) groups is 1. The molecule has 1 amide bonds. The smallest absolute Gasteiger partial charge is 0.261 e. The van der Waals surface area contributed by atoms with E-state index in [4.69, 9.17) is 0 Å². The Kier molecular flexibility index (Phi) is 6.38. The minimum atomic E-state index is -0.289. The van der Waals surface area contributed by atoms with E-state index >= 15 is 0 Å². The summed E-state index contributed by atoms with van der Waals surface area (Å²) in [5.74, 6) is -0.163. The summed E-state index contributed by atoms with van der Waals surface area (Å²) >= 11 is 7.62. The Morgan fingerprint density at radius 3 is 2.81 bits per heavy atom. The van der Waals surface area contributed by atoms with E-state index in [1.54, 1.807) is 29.1 Å². The van der Waals surface area contributed by atoms with Crippen LogP contribution in [0.1, 0.15) is 15.9 Å². The SMILES string of the molecule is CSc1nsc(SC)c1C(=O)Nc1nn(Cc2ccccc2F)cc1Br. The molecule has 3 aromatic rings.